The summed E-state index contributed by atoms with van der Waals surface area (Å²) in [6.07, 6.45) is 0.266. The van der Waals surface area contributed by atoms with Gasteiger partial charge in [0.1, 0.15) is 0 Å². The molecular formula is C23H18BrN3O2. The summed E-state index contributed by atoms with van der Waals surface area (Å²) in [6.45, 7) is 0. The van der Waals surface area contributed by atoms with Crippen LogP contribution in [0.2, 0.25) is 0 Å². The number of amides is 1. The average molecular weight is 448 g/mol. The molecule has 0 radical (unpaired) electrons. The lowest BCUT2D eigenvalue weighted by atomic mass is 9.88. The van der Waals surface area contributed by atoms with Gasteiger partial charge in [-0.1, -0.05) is 87.8 Å². The van der Waals surface area contributed by atoms with Crippen molar-refractivity contribution in [1.29, 1.82) is 0 Å². The molecule has 0 aliphatic rings. The Kier molecular flexibility index (Phi) is 5.81. The topological polar surface area (TPSA) is 68.0 Å². The lowest BCUT2D eigenvalue weighted by Gasteiger charge is -2.17. The van der Waals surface area contributed by atoms with E-state index in [1.54, 1.807) is 0 Å². The number of hydrogen-bond donors (Lipinski definition) is 1. The fraction of sp³-hybridized carbons (Fsp3) is 0.0870. The minimum absolute atomic E-state index is 0.0649. The zero-order valence-electron chi connectivity index (χ0n) is 15.5. The Morgan fingerprint density at radius 3 is 2.17 bits per heavy atom. The van der Waals surface area contributed by atoms with Crippen LogP contribution in [0.1, 0.15) is 23.5 Å². The van der Waals surface area contributed by atoms with Crippen LogP contribution >= 0.6 is 15.9 Å². The van der Waals surface area contributed by atoms with Gasteiger partial charge in [0, 0.05) is 22.4 Å². The summed E-state index contributed by atoms with van der Waals surface area (Å²) in [5.74, 6) is 0.0984. The molecule has 0 atom stereocenters. The minimum atomic E-state index is -0.188. The first-order chi connectivity index (χ1) is 14.2. The number of nitrogens with zero attached hydrogens (tertiary/aromatic N) is 2. The van der Waals surface area contributed by atoms with Crippen LogP contribution in [0.5, 0.6) is 0 Å². The zero-order chi connectivity index (χ0) is 20.1. The second-order valence-corrected chi connectivity index (χ2v) is 7.46. The number of rotatable bonds is 6. The van der Waals surface area contributed by atoms with Gasteiger partial charge in [0.05, 0.1) is 0 Å². The fourth-order valence-electron chi connectivity index (χ4n) is 3.17. The van der Waals surface area contributed by atoms with Gasteiger partial charge in [-0.2, -0.15) is 0 Å². The van der Waals surface area contributed by atoms with Crippen LogP contribution in [0.25, 0.3) is 11.5 Å². The van der Waals surface area contributed by atoms with Crippen molar-refractivity contribution in [3.05, 3.63) is 101 Å². The third kappa shape index (κ3) is 4.78. The van der Waals surface area contributed by atoms with E-state index in [4.69, 9.17) is 4.42 Å². The number of benzene rings is 3. The van der Waals surface area contributed by atoms with E-state index in [2.05, 4.69) is 31.4 Å². The van der Waals surface area contributed by atoms with E-state index in [1.165, 1.54) is 0 Å². The molecule has 0 aliphatic heterocycles. The standard InChI is InChI=1S/C23H18BrN3O2/c24-19-13-7-12-18(14-19)22-26-27-23(29-22)25-21(28)15-20(16-8-3-1-4-9-16)17-10-5-2-6-11-17/h1-14,20H,15H2,(H,25,27,28). The normalized spacial score (nSPS) is 10.8. The van der Waals surface area contributed by atoms with E-state index in [0.29, 0.717) is 5.89 Å². The van der Waals surface area contributed by atoms with Gasteiger partial charge in [-0.15, -0.1) is 5.10 Å². The molecule has 0 bridgehead atoms. The number of carbonyl (C=O) groups excluding carboxylic acids is 1. The SMILES string of the molecule is O=C(CC(c1ccccc1)c1ccccc1)Nc1nnc(-c2cccc(Br)c2)o1. The van der Waals surface area contributed by atoms with Gasteiger partial charge in [-0.3, -0.25) is 10.1 Å². The predicted octanol–water partition coefficient (Wildman–Crippen LogP) is 5.66. The molecule has 0 fully saturated rings. The summed E-state index contributed by atoms with van der Waals surface area (Å²) in [5.41, 5.74) is 2.93. The number of hydrogen-bond acceptors (Lipinski definition) is 4. The van der Waals surface area contributed by atoms with Crippen molar-refractivity contribution >= 4 is 27.9 Å². The van der Waals surface area contributed by atoms with Crippen molar-refractivity contribution in [2.24, 2.45) is 0 Å². The quantitative estimate of drug-likeness (QED) is 0.413. The van der Waals surface area contributed by atoms with Crippen LogP contribution in [-0.4, -0.2) is 16.1 Å². The summed E-state index contributed by atoms with van der Waals surface area (Å²) in [6, 6.07) is 27.6. The monoisotopic (exact) mass is 447 g/mol. The third-order valence-corrected chi connectivity index (χ3v) is 5.03. The fourth-order valence-corrected chi connectivity index (χ4v) is 3.57. The average Bonchev–Trinajstić information content (AvgIpc) is 3.22. The molecule has 0 aliphatic carbocycles. The van der Waals surface area contributed by atoms with Crippen molar-refractivity contribution in [1.82, 2.24) is 10.2 Å². The molecule has 4 rings (SSSR count). The molecule has 3 aromatic carbocycles. The molecular weight excluding hydrogens is 430 g/mol. The molecule has 1 N–H and O–H groups in total. The van der Waals surface area contributed by atoms with E-state index < -0.39 is 0 Å². The van der Waals surface area contributed by atoms with Crippen LogP contribution < -0.4 is 5.32 Å². The van der Waals surface area contributed by atoms with Gasteiger partial charge in [-0.05, 0) is 29.3 Å². The summed E-state index contributed by atoms with van der Waals surface area (Å²) in [7, 11) is 0. The molecule has 1 heterocycles. The molecule has 0 unspecified atom stereocenters. The molecule has 6 heteroatoms. The van der Waals surface area contributed by atoms with E-state index in [9.17, 15) is 4.79 Å². The van der Waals surface area contributed by atoms with Crippen molar-refractivity contribution in [3.8, 4) is 11.5 Å². The first kappa shape index (κ1) is 19.1. The van der Waals surface area contributed by atoms with Gasteiger partial charge >= 0.3 is 6.01 Å². The molecule has 0 saturated carbocycles. The number of carbonyl (C=O) groups is 1. The highest BCUT2D eigenvalue weighted by Crippen LogP contribution is 2.29. The van der Waals surface area contributed by atoms with E-state index >= 15 is 0 Å². The van der Waals surface area contributed by atoms with E-state index in [-0.39, 0.29) is 24.3 Å². The maximum Gasteiger partial charge on any atom is 0.322 e. The Hall–Kier alpha value is -3.25. The summed E-state index contributed by atoms with van der Waals surface area (Å²) in [4.78, 5) is 12.7. The van der Waals surface area contributed by atoms with Crippen LogP contribution in [0, 0.1) is 0 Å². The molecule has 0 saturated heterocycles. The van der Waals surface area contributed by atoms with Crippen LogP contribution in [-0.2, 0) is 4.79 Å². The largest absolute Gasteiger partial charge is 0.403 e. The summed E-state index contributed by atoms with van der Waals surface area (Å²) < 4.78 is 6.52. The van der Waals surface area contributed by atoms with Gasteiger partial charge in [0.15, 0.2) is 0 Å². The zero-order valence-corrected chi connectivity index (χ0v) is 17.0. The molecule has 4 aromatic rings. The smallest absolute Gasteiger partial charge is 0.322 e. The first-order valence-electron chi connectivity index (χ1n) is 9.18. The van der Waals surface area contributed by atoms with E-state index in [1.807, 2.05) is 84.9 Å². The molecule has 1 amide bonds. The molecule has 144 valence electrons. The van der Waals surface area contributed by atoms with Crippen LogP contribution in [0.15, 0.2) is 93.8 Å². The number of halogens is 1. The Morgan fingerprint density at radius 2 is 1.55 bits per heavy atom. The van der Waals surface area contributed by atoms with Crippen molar-refractivity contribution < 1.29 is 9.21 Å². The second-order valence-electron chi connectivity index (χ2n) is 6.55. The highest BCUT2D eigenvalue weighted by molar-refractivity contribution is 9.10. The van der Waals surface area contributed by atoms with Gasteiger partial charge in [-0.25, -0.2) is 0 Å². The van der Waals surface area contributed by atoms with E-state index in [0.717, 1.165) is 21.2 Å². The Bertz CT molecular complexity index is 1060. The maximum absolute atomic E-state index is 12.7. The van der Waals surface area contributed by atoms with Gasteiger partial charge < -0.3 is 4.42 Å². The highest BCUT2D eigenvalue weighted by Gasteiger charge is 2.20. The lowest BCUT2D eigenvalue weighted by molar-refractivity contribution is -0.116. The Morgan fingerprint density at radius 1 is 0.897 bits per heavy atom. The van der Waals surface area contributed by atoms with Gasteiger partial charge in [0.2, 0.25) is 11.8 Å². The highest BCUT2D eigenvalue weighted by atomic mass is 79.9. The van der Waals surface area contributed by atoms with Crippen molar-refractivity contribution in [2.45, 2.75) is 12.3 Å². The predicted molar refractivity (Wildman–Crippen MR) is 115 cm³/mol. The van der Waals surface area contributed by atoms with Crippen molar-refractivity contribution in [3.63, 3.8) is 0 Å². The number of nitrogens with one attached hydrogen (secondary N) is 1. The number of aromatic nitrogens is 2. The van der Waals surface area contributed by atoms with Crippen molar-refractivity contribution in [2.75, 3.05) is 5.32 Å². The van der Waals surface area contributed by atoms with Gasteiger partial charge in [0.25, 0.3) is 0 Å². The molecule has 1 aromatic heterocycles. The first-order valence-corrected chi connectivity index (χ1v) is 9.97. The van der Waals surface area contributed by atoms with Crippen LogP contribution in [0.4, 0.5) is 6.01 Å². The molecule has 29 heavy (non-hydrogen) atoms. The number of anilines is 1. The lowest BCUT2D eigenvalue weighted by Crippen LogP contribution is -2.16. The Labute approximate surface area is 176 Å². The Balaban J connectivity index is 1.50. The third-order valence-electron chi connectivity index (χ3n) is 4.54. The van der Waals surface area contributed by atoms with Crippen LogP contribution in [0.3, 0.4) is 0 Å². The summed E-state index contributed by atoms with van der Waals surface area (Å²) >= 11 is 3.42. The maximum atomic E-state index is 12.7. The second kappa shape index (κ2) is 8.84. The molecule has 5 nitrogen and oxygen atoms in total. The minimum Gasteiger partial charge on any atom is -0.403 e. The molecule has 0 spiro atoms. The summed E-state index contributed by atoms with van der Waals surface area (Å²) in [5, 5.41) is 10.7.